The third-order valence-corrected chi connectivity index (χ3v) is 3.54. The van der Waals surface area contributed by atoms with Crippen LogP contribution in [0.15, 0.2) is 48.5 Å². The molecule has 3 rings (SSSR count). The van der Waals surface area contributed by atoms with Crippen molar-refractivity contribution in [3.8, 4) is 0 Å². The fraction of sp³-hybridized carbons (Fsp3) is 0.188. The lowest BCUT2D eigenvalue weighted by Gasteiger charge is -1.99. The molecule has 0 unspecified atom stereocenters. The summed E-state index contributed by atoms with van der Waals surface area (Å²) >= 11 is 5.81. The minimum Gasteiger partial charge on any atom is -0.356 e. The van der Waals surface area contributed by atoms with Crippen molar-refractivity contribution in [2.75, 3.05) is 0 Å². The second kappa shape index (κ2) is 4.80. The smallest absolute Gasteiger partial charge is 0.194 e. The Balaban J connectivity index is 1.74. The Bertz CT molecular complexity index is 602. The van der Waals surface area contributed by atoms with Crippen LogP contribution in [-0.4, -0.2) is 11.9 Å². The molecule has 1 heterocycles. The number of ether oxygens (including phenoxy) is 1. The van der Waals surface area contributed by atoms with E-state index in [0.29, 0.717) is 10.6 Å². The van der Waals surface area contributed by atoms with Gasteiger partial charge in [0.05, 0.1) is 0 Å². The summed E-state index contributed by atoms with van der Waals surface area (Å²) in [7, 11) is 0. The number of halogens is 1. The fourth-order valence-corrected chi connectivity index (χ4v) is 2.23. The molecule has 1 saturated heterocycles. The van der Waals surface area contributed by atoms with E-state index >= 15 is 0 Å². The Morgan fingerprint density at radius 1 is 1.05 bits per heavy atom. The first-order valence-electron chi connectivity index (χ1n) is 6.17. The molecule has 0 bridgehead atoms. The lowest BCUT2D eigenvalue weighted by atomic mass is 10.0. The van der Waals surface area contributed by atoms with E-state index in [1.54, 1.807) is 24.3 Å². The highest BCUT2D eigenvalue weighted by atomic mass is 35.5. The van der Waals surface area contributed by atoms with Crippen LogP contribution in [0.25, 0.3) is 0 Å². The molecule has 0 amide bonds. The summed E-state index contributed by atoms with van der Waals surface area (Å²) in [4.78, 5) is 12.2. The van der Waals surface area contributed by atoms with E-state index in [1.807, 2.05) is 31.2 Å². The number of carbonyl (C=O) groups excluding carboxylic acids is 1. The lowest BCUT2D eigenvalue weighted by molar-refractivity contribution is 0.0953. The predicted molar refractivity (Wildman–Crippen MR) is 74.6 cm³/mol. The average molecular weight is 273 g/mol. The van der Waals surface area contributed by atoms with Crippen molar-refractivity contribution in [1.29, 1.82) is 0 Å². The van der Waals surface area contributed by atoms with Crippen LogP contribution in [0.2, 0.25) is 5.02 Å². The van der Waals surface area contributed by atoms with Gasteiger partial charge in [0.25, 0.3) is 0 Å². The molecular formula is C16H13ClO2. The number of benzene rings is 2. The molecule has 0 aromatic heterocycles. The first kappa shape index (κ1) is 12.4. The van der Waals surface area contributed by atoms with Gasteiger partial charge >= 0.3 is 0 Å². The maximum Gasteiger partial charge on any atom is 0.194 e. The van der Waals surface area contributed by atoms with E-state index in [4.69, 9.17) is 16.3 Å². The van der Waals surface area contributed by atoms with Crippen LogP contribution in [0.4, 0.5) is 0 Å². The number of carbonyl (C=O) groups is 1. The van der Waals surface area contributed by atoms with Gasteiger partial charge in [-0.05, 0) is 36.8 Å². The van der Waals surface area contributed by atoms with Gasteiger partial charge in [0, 0.05) is 10.6 Å². The van der Waals surface area contributed by atoms with Crippen molar-refractivity contribution in [3.05, 3.63) is 70.2 Å². The van der Waals surface area contributed by atoms with Crippen LogP contribution >= 0.6 is 11.6 Å². The summed E-state index contributed by atoms with van der Waals surface area (Å²) in [5, 5.41) is 0.628. The van der Waals surface area contributed by atoms with Crippen molar-refractivity contribution in [2.45, 2.75) is 19.1 Å². The van der Waals surface area contributed by atoms with Crippen molar-refractivity contribution < 1.29 is 9.53 Å². The Hall–Kier alpha value is -1.64. The highest BCUT2D eigenvalue weighted by molar-refractivity contribution is 6.30. The molecule has 0 radical (unpaired) electrons. The van der Waals surface area contributed by atoms with Crippen molar-refractivity contribution >= 4 is 17.4 Å². The highest BCUT2D eigenvalue weighted by Crippen LogP contribution is 2.40. The summed E-state index contributed by atoms with van der Waals surface area (Å²) in [5.74, 6) is 0.0160. The number of hydrogen-bond donors (Lipinski definition) is 0. The first-order chi connectivity index (χ1) is 9.15. The third-order valence-electron chi connectivity index (χ3n) is 3.28. The summed E-state index contributed by atoms with van der Waals surface area (Å²) in [5.41, 5.74) is 2.90. The van der Waals surface area contributed by atoms with E-state index in [-0.39, 0.29) is 18.0 Å². The molecular weight excluding hydrogens is 260 g/mol. The molecule has 19 heavy (non-hydrogen) atoms. The van der Waals surface area contributed by atoms with Gasteiger partial charge in [0.2, 0.25) is 0 Å². The maximum atomic E-state index is 12.2. The molecule has 2 nitrogen and oxygen atoms in total. The van der Waals surface area contributed by atoms with Gasteiger partial charge in [-0.25, -0.2) is 0 Å². The van der Waals surface area contributed by atoms with Crippen LogP contribution < -0.4 is 0 Å². The van der Waals surface area contributed by atoms with Crippen LogP contribution in [0.1, 0.15) is 27.6 Å². The Labute approximate surface area is 117 Å². The topological polar surface area (TPSA) is 29.6 Å². The maximum absolute atomic E-state index is 12.2. The molecule has 96 valence electrons. The van der Waals surface area contributed by atoms with Gasteiger partial charge in [-0.3, -0.25) is 4.79 Å². The average Bonchev–Trinajstić information content (AvgIpc) is 3.20. The van der Waals surface area contributed by atoms with Crippen molar-refractivity contribution in [2.24, 2.45) is 0 Å². The standard InChI is InChI=1S/C16H13ClO2/c1-10-2-4-12(5-3-10)15-16(19-15)14(18)11-6-8-13(17)9-7-11/h2-9,15-16H,1H3/t15-,16-/m1/s1. The monoisotopic (exact) mass is 272 g/mol. The fourth-order valence-electron chi connectivity index (χ4n) is 2.10. The van der Waals surface area contributed by atoms with Crippen molar-refractivity contribution in [1.82, 2.24) is 0 Å². The molecule has 2 aromatic rings. The summed E-state index contributed by atoms with van der Waals surface area (Å²) in [6, 6.07) is 15.0. The second-order valence-corrected chi connectivity index (χ2v) is 5.20. The molecule has 0 spiro atoms. The zero-order valence-electron chi connectivity index (χ0n) is 10.5. The normalized spacial score (nSPS) is 21.2. The van der Waals surface area contributed by atoms with E-state index in [2.05, 4.69) is 0 Å². The molecule has 1 aliphatic rings. The Kier molecular flexibility index (Phi) is 3.13. The molecule has 3 heteroatoms. The molecule has 2 aromatic carbocycles. The van der Waals surface area contributed by atoms with Gasteiger partial charge < -0.3 is 4.74 Å². The van der Waals surface area contributed by atoms with Crippen LogP contribution in [0.5, 0.6) is 0 Å². The number of Topliss-reactive ketones (excluding diaryl/α,β-unsaturated/α-hetero) is 1. The van der Waals surface area contributed by atoms with E-state index in [0.717, 1.165) is 5.56 Å². The SMILES string of the molecule is Cc1ccc([C@H]2O[C@@H]2C(=O)c2ccc(Cl)cc2)cc1. The van der Waals surface area contributed by atoms with E-state index < -0.39 is 0 Å². The molecule has 1 fully saturated rings. The first-order valence-corrected chi connectivity index (χ1v) is 6.55. The lowest BCUT2D eigenvalue weighted by Crippen LogP contribution is -2.07. The number of hydrogen-bond acceptors (Lipinski definition) is 2. The highest BCUT2D eigenvalue weighted by Gasteiger charge is 2.46. The Morgan fingerprint density at radius 2 is 1.68 bits per heavy atom. The van der Waals surface area contributed by atoms with Gasteiger partial charge in [0.1, 0.15) is 6.10 Å². The summed E-state index contributed by atoms with van der Waals surface area (Å²) < 4.78 is 5.51. The van der Waals surface area contributed by atoms with Gasteiger partial charge in [-0.1, -0.05) is 41.4 Å². The number of rotatable bonds is 3. The molecule has 1 aliphatic heterocycles. The summed E-state index contributed by atoms with van der Waals surface area (Å²) in [6.07, 6.45) is -0.465. The van der Waals surface area contributed by atoms with Gasteiger partial charge in [0.15, 0.2) is 11.9 Å². The molecule has 0 N–H and O–H groups in total. The summed E-state index contributed by atoms with van der Waals surface area (Å²) in [6.45, 7) is 2.04. The van der Waals surface area contributed by atoms with Crippen LogP contribution in [0, 0.1) is 6.92 Å². The third kappa shape index (κ3) is 2.55. The number of epoxide rings is 1. The minimum absolute atomic E-state index is 0.0160. The van der Waals surface area contributed by atoms with Crippen molar-refractivity contribution in [3.63, 3.8) is 0 Å². The quantitative estimate of drug-likeness (QED) is 0.625. The zero-order chi connectivity index (χ0) is 13.4. The molecule has 0 saturated carbocycles. The van der Waals surface area contributed by atoms with Crippen LogP contribution in [0.3, 0.4) is 0 Å². The predicted octanol–water partition coefficient (Wildman–Crippen LogP) is 3.97. The van der Waals surface area contributed by atoms with E-state index in [1.165, 1.54) is 5.56 Å². The van der Waals surface area contributed by atoms with Gasteiger partial charge in [-0.15, -0.1) is 0 Å². The minimum atomic E-state index is -0.358. The number of ketones is 1. The van der Waals surface area contributed by atoms with E-state index in [9.17, 15) is 4.79 Å². The Morgan fingerprint density at radius 3 is 2.32 bits per heavy atom. The largest absolute Gasteiger partial charge is 0.356 e. The molecule has 2 atom stereocenters. The molecule has 0 aliphatic carbocycles. The zero-order valence-corrected chi connectivity index (χ0v) is 11.2. The van der Waals surface area contributed by atoms with Crippen LogP contribution in [-0.2, 0) is 4.74 Å². The second-order valence-electron chi connectivity index (χ2n) is 4.76. The van der Waals surface area contributed by atoms with Gasteiger partial charge in [-0.2, -0.15) is 0 Å². The number of aryl methyl sites for hydroxylation is 1.